The van der Waals surface area contributed by atoms with E-state index in [0.717, 1.165) is 5.56 Å². The predicted octanol–water partition coefficient (Wildman–Crippen LogP) is 0.572. The van der Waals surface area contributed by atoms with Gasteiger partial charge in [0, 0.05) is 6.54 Å². The molecule has 1 fully saturated rings. The minimum absolute atomic E-state index is 0.0470. The third-order valence-electron chi connectivity index (χ3n) is 2.43. The third kappa shape index (κ3) is 2.20. The maximum atomic E-state index is 10.9. The lowest BCUT2D eigenvalue weighted by Gasteiger charge is -2.23. The first-order valence-corrected chi connectivity index (χ1v) is 4.88. The van der Waals surface area contributed by atoms with Gasteiger partial charge in [0.1, 0.15) is 12.7 Å². The quantitative estimate of drug-likeness (QED) is 0.765. The number of benzene rings is 1. The Hall–Kier alpha value is -1.88. The van der Waals surface area contributed by atoms with E-state index >= 15 is 0 Å². The molecule has 0 bridgehead atoms. The highest BCUT2D eigenvalue weighted by Gasteiger charge is 2.19. The number of morpholine rings is 1. The summed E-state index contributed by atoms with van der Waals surface area (Å²) in [5.74, 6) is -1.08. The molecule has 2 rings (SSSR count). The number of carbonyl (C=O) groups excluding carboxylic acids is 1. The number of carboxylic acids is 1. The Morgan fingerprint density at radius 1 is 1.38 bits per heavy atom. The maximum Gasteiger partial charge on any atom is 0.335 e. The molecule has 0 radical (unpaired) electrons. The lowest BCUT2D eigenvalue weighted by Crippen LogP contribution is -2.38. The summed E-state index contributed by atoms with van der Waals surface area (Å²) in [7, 11) is 0. The molecular weight excluding hydrogens is 210 g/mol. The highest BCUT2D eigenvalue weighted by molar-refractivity contribution is 5.87. The smallest absolute Gasteiger partial charge is 0.335 e. The zero-order valence-corrected chi connectivity index (χ0v) is 8.47. The monoisotopic (exact) mass is 221 g/mol. The van der Waals surface area contributed by atoms with Gasteiger partial charge in [0.2, 0.25) is 5.91 Å². The summed E-state index contributed by atoms with van der Waals surface area (Å²) >= 11 is 0. The minimum Gasteiger partial charge on any atom is -0.478 e. The minimum atomic E-state index is -0.954. The molecular formula is C11H11NO4. The number of hydrogen-bond acceptors (Lipinski definition) is 3. The molecule has 1 aliphatic heterocycles. The zero-order chi connectivity index (χ0) is 11.5. The highest BCUT2D eigenvalue weighted by Crippen LogP contribution is 2.19. The van der Waals surface area contributed by atoms with Crippen molar-refractivity contribution in [3.63, 3.8) is 0 Å². The van der Waals surface area contributed by atoms with E-state index in [1.54, 1.807) is 12.1 Å². The summed E-state index contributed by atoms with van der Waals surface area (Å²) in [6.07, 6.45) is -0.194. The van der Waals surface area contributed by atoms with Gasteiger partial charge >= 0.3 is 5.97 Å². The Morgan fingerprint density at radius 2 is 2.06 bits per heavy atom. The molecule has 1 amide bonds. The number of nitrogens with one attached hydrogen (secondary N) is 1. The van der Waals surface area contributed by atoms with Crippen LogP contribution in [0.4, 0.5) is 0 Å². The normalized spacial score (nSPS) is 20.2. The first kappa shape index (κ1) is 10.6. The summed E-state index contributed by atoms with van der Waals surface area (Å²) < 4.78 is 5.32. The largest absolute Gasteiger partial charge is 0.478 e. The average Bonchev–Trinajstić information content (AvgIpc) is 2.30. The van der Waals surface area contributed by atoms with Gasteiger partial charge in [-0.3, -0.25) is 4.79 Å². The molecule has 0 saturated carbocycles. The van der Waals surface area contributed by atoms with Crippen LogP contribution in [0.3, 0.4) is 0 Å². The van der Waals surface area contributed by atoms with Crippen LogP contribution in [-0.4, -0.2) is 30.1 Å². The third-order valence-corrected chi connectivity index (χ3v) is 2.43. The SMILES string of the molecule is O=C1COC(c2ccc(C(=O)O)cc2)CN1. The van der Waals surface area contributed by atoms with Gasteiger partial charge in [0.05, 0.1) is 5.56 Å². The molecule has 16 heavy (non-hydrogen) atoms. The summed E-state index contributed by atoms with van der Waals surface area (Å²) in [6.45, 7) is 0.469. The van der Waals surface area contributed by atoms with Crippen LogP contribution in [0, 0.1) is 0 Å². The topological polar surface area (TPSA) is 75.6 Å². The van der Waals surface area contributed by atoms with Gasteiger partial charge in [-0.2, -0.15) is 0 Å². The van der Waals surface area contributed by atoms with Gasteiger partial charge in [-0.05, 0) is 17.7 Å². The Balaban J connectivity index is 2.10. The molecule has 1 saturated heterocycles. The van der Waals surface area contributed by atoms with E-state index < -0.39 is 5.97 Å². The fraction of sp³-hybridized carbons (Fsp3) is 0.273. The first-order valence-electron chi connectivity index (χ1n) is 4.88. The standard InChI is InChI=1S/C11H11NO4/c13-10-6-16-9(5-12-10)7-1-3-8(4-2-7)11(14)15/h1-4,9H,5-6H2,(H,12,13)(H,14,15). The van der Waals surface area contributed by atoms with E-state index in [1.807, 2.05) is 0 Å². The number of carbonyl (C=O) groups is 2. The molecule has 1 atom stereocenters. The second-order valence-corrected chi connectivity index (χ2v) is 3.53. The van der Waals surface area contributed by atoms with Crippen LogP contribution in [0.25, 0.3) is 0 Å². The molecule has 2 N–H and O–H groups in total. The Kier molecular flexibility index (Phi) is 2.87. The molecule has 1 unspecified atom stereocenters. The van der Waals surface area contributed by atoms with E-state index in [4.69, 9.17) is 9.84 Å². The van der Waals surface area contributed by atoms with Gasteiger partial charge < -0.3 is 15.2 Å². The van der Waals surface area contributed by atoms with Gasteiger partial charge in [-0.1, -0.05) is 12.1 Å². The molecule has 0 aromatic heterocycles. The average molecular weight is 221 g/mol. The summed E-state index contributed by atoms with van der Waals surface area (Å²) in [6, 6.07) is 6.45. The Bertz CT molecular complexity index is 402. The second-order valence-electron chi connectivity index (χ2n) is 3.53. The number of ether oxygens (including phenoxy) is 1. The number of rotatable bonds is 2. The highest BCUT2D eigenvalue weighted by atomic mass is 16.5. The van der Waals surface area contributed by atoms with E-state index in [2.05, 4.69) is 5.32 Å². The number of hydrogen-bond donors (Lipinski definition) is 2. The van der Waals surface area contributed by atoms with Crippen molar-refractivity contribution in [1.29, 1.82) is 0 Å². The fourth-order valence-electron chi connectivity index (χ4n) is 1.55. The predicted molar refractivity (Wildman–Crippen MR) is 55.1 cm³/mol. The Labute approximate surface area is 92.0 Å². The van der Waals surface area contributed by atoms with Crippen molar-refractivity contribution >= 4 is 11.9 Å². The van der Waals surface area contributed by atoms with Crippen LogP contribution in [-0.2, 0) is 9.53 Å². The van der Waals surface area contributed by atoms with Gasteiger partial charge in [0.15, 0.2) is 0 Å². The molecule has 5 nitrogen and oxygen atoms in total. The van der Waals surface area contributed by atoms with Crippen molar-refractivity contribution in [3.8, 4) is 0 Å². The number of aromatic carboxylic acids is 1. The van der Waals surface area contributed by atoms with Crippen LogP contribution < -0.4 is 5.32 Å². The maximum absolute atomic E-state index is 10.9. The van der Waals surface area contributed by atoms with Crippen molar-refractivity contribution in [2.24, 2.45) is 0 Å². The van der Waals surface area contributed by atoms with Crippen molar-refractivity contribution in [2.45, 2.75) is 6.10 Å². The number of carboxylic acid groups (broad SMARTS) is 1. The molecule has 1 heterocycles. The lowest BCUT2D eigenvalue weighted by atomic mass is 10.1. The van der Waals surface area contributed by atoms with Crippen LogP contribution in [0.2, 0.25) is 0 Å². The molecule has 0 aliphatic carbocycles. The first-order chi connectivity index (χ1) is 7.66. The molecule has 1 aromatic carbocycles. The molecule has 0 spiro atoms. The summed E-state index contributed by atoms with van der Waals surface area (Å²) in [5.41, 5.74) is 1.11. The van der Waals surface area contributed by atoms with Crippen molar-refractivity contribution in [1.82, 2.24) is 5.32 Å². The van der Waals surface area contributed by atoms with Crippen LogP contribution in [0.15, 0.2) is 24.3 Å². The lowest BCUT2D eigenvalue weighted by molar-refractivity contribution is -0.133. The number of amides is 1. The summed E-state index contributed by atoms with van der Waals surface area (Å²) in [5, 5.41) is 11.4. The fourth-order valence-corrected chi connectivity index (χ4v) is 1.55. The van der Waals surface area contributed by atoms with Gasteiger partial charge in [-0.25, -0.2) is 4.79 Å². The molecule has 5 heteroatoms. The second kappa shape index (κ2) is 4.32. The van der Waals surface area contributed by atoms with Gasteiger partial charge in [0.25, 0.3) is 0 Å². The van der Waals surface area contributed by atoms with E-state index in [-0.39, 0.29) is 24.2 Å². The zero-order valence-electron chi connectivity index (χ0n) is 8.47. The van der Waals surface area contributed by atoms with Gasteiger partial charge in [-0.15, -0.1) is 0 Å². The van der Waals surface area contributed by atoms with Crippen molar-refractivity contribution in [2.75, 3.05) is 13.2 Å². The van der Waals surface area contributed by atoms with Crippen LogP contribution >= 0.6 is 0 Å². The molecule has 1 aromatic rings. The van der Waals surface area contributed by atoms with Crippen LogP contribution in [0.5, 0.6) is 0 Å². The van der Waals surface area contributed by atoms with Crippen molar-refractivity contribution in [3.05, 3.63) is 35.4 Å². The van der Waals surface area contributed by atoms with Crippen molar-refractivity contribution < 1.29 is 19.4 Å². The van der Waals surface area contributed by atoms with E-state index in [0.29, 0.717) is 6.54 Å². The van der Waals surface area contributed by atoms with E-state index in [1.165, 1.54) is 12.1 Å². The molecule has 84 valence electrons. The molecule has 1 aliphatic rings. The summed E-state index contributed by atoms with van der Waals surface area (Å²) in [4.78, 5) is 21.5. The van der Waals surface area contributed by atoms with E-state index in [9.17, 15) is 9.59 Å². The Morgan fingerprint density at radius 3 is 2.56 bits per heavy atom. The van der Waals surface area contributed by atoms with Crippen LogP contribution in [0.1, 0.15) is 22.0 Å².